The Morgan fingerprint density at radius 3 is 2.72 bits per heavy atom. The molecule has 178 valence electrons. The van der Waals surface area contributed by atoms with E-state index in [4.69, 9.17) is 4.74 Å². The van der Waals surface area contributed by atoms with Crippen molar-refractivity contribution in [1.82, 2.24) is 20.1 Å². The number of rotatable bonds is 6. The van der Waals surface area contributed by atoms with Gasteiger partial charge in [0.05, 0.1) is 12.1 Å². The van der Waals surface area contributed by atoms with Gasteiger partial charge in [-0.3, -0.25) is 9.69 Å². The van der Waals surface area contributed by atoms with Gasteiger partial charge in [0.25, 0.3) is 0 Å². The molecule has 0 bridgehead atoms. The van der Waals surface area contributed by atoms with Gasteiger partial charge in [0.1, 0.15) is 5.60 Å². The zero-order chi connectivity index (χ0) is 23.5. The maximum Gasteiger partial charge on any atom is 0.410 e. The van der Waals surface area contributed by atoms with E-state index < -0.39 is 5.60 Å². The maximum atomic E-state index is 12.9. The highest BCUT2D eigenvalue weighted by molar-refractivity contribution is 7.14. The van der Waals surface area contributed by atoms with Crippen LogP contribution < -0.4 is 10.2 Å². The molecule has 3 rings (SSSR count). The Kier molecular flexibility index (Phi) is 7.63. The van der Waals surface area contributed by atoms with Crippen LogP contribution in [0, 0.1) is 5.92 Å². The van der Waals surface area contributed by atoms with Gasteiger partial charge in [-0.05, 0) is 53.4 Å². The number of anilines is 1. The summed E-state index contributed by atoms with van der Waals surface area (Å²) in [5, 5.41) is 5.24. The monoisotopic (exact) mass is 465 g/mol. The summed E-state index contributed by atoms with van der Waals surface area (Å²) in [6.45, 7) is 12.7. The van der Waals surface area contributed by atoms with E-state index in [9.17, 15) is 14.4 Å². The number of piperidine rings is 1. The highest BCUT2D eigenvalue weighted by Gasteiger charge is 2.31. The molecule has 1 atom stereocenters. The van der Waals surface area contributed by atoms with E-state index in [0.717, 1.165) is 19.4 Å². The Morgan fingerprint density at radius 2 is 2.09 bits per heavy atom. The van der Waals surface area contributed by atoms with E-state index in [2.05, 4.69) is 10.3 Å². The molecule has 0 aromatic carbocycles. The van der Waals surface area contributed by atoms with Gasteiger partial charge in [-0.1, -0.05) is 0 Å². The number of hydrogen-bond donors (Lipinski definition) is 1. The van der Waals surface area contributed by atoms with Crippen LogP contribution in [0.4, 0.5) is 14.7 Å². The van der Waals surface area contributed by atoms with Crippen molar-refractivity contribution in [3.63, 3.8) is 0 Å². The van der Waals surface area contributed by atoms with E-state index in [1.807, 2.05) is 44.9 Å². The normalized spacial score (nSPS) is 19.3. The lowest BCUT2D eigenvalue weighted by Crippen LogP contribution is -2.48. The lowest BCUT2D eigenvalue weighted by atomic mass is 9.96. The number of aromatic nitrogens is 1. The van der Waals surface area contributed by atoms with Crippen molar-refractivity contribution in [2.75, 3.05) is 37.6 Å². The first kappa shape index (κ1) is 24.3. The molecule has 32 heavy (non-hydrogen) atoms. The van der Waals surface area contributed by atoms with Crippen LogP contribution >= 0.6 is 11.3 Å². The molecular formula is C22H35N5O4S. The quantitative estimate of drug-likeness (QED) is 0.697. The fourth-order valence-corrected chi connectivity index (χ4v) is 4.81. The maximum absolute atomic E-state index is 12.9. The van der Waals surface area contributed by atoms with Crippen molar-refractivity contribution < 1.29 is 19.1 Å². The number of carbonyl (C=O) groups is 3. The molecule has 0 spiro atoms. The summed E-state index contributed by atoms with van der Waals surface area (Å²) < 4.78 is 5.57. The molecule has 2 fully saturated rings. The molecule has 4 amide bonds. The Balaban J connectivity index is 1.56. The molecule has 0 radical (unpaired) electrons. The molecule has 10 heteroatoms. The summed E-state index contributed by atoms with van der Waals surface area (Å²) >= 11 is 1.38. The molecule has 1 unspecified atom stereocenters. The Labute approximate surface area is 194 Å². The van der Waals surface area contributed by atoms with E-state index in [0.29, 0.717) is 37.0 Å². The number of nitrogens with zero attached hydrogens (tertiary/aromatic N) is 4. The zero-order valence-corrected chi connectivity index (χ0v) is 20.5. The van der Waals surface area contributed by atoms with Gasteiger partial charge >= 0.3 is 12.1 Å². The van der Waals surface area contributed by atoms with Gasteiger partial charge in [-0.15, -0.1) is 11.3 Å². The average molecular weight is 466 g/mol. The largest absolute Gasteiger partial charge is 0.444 e. The SMILES string of the molecule is CC(C)N(CC1CCCN(C(=O)Cc2csc(N3CCNC3=O)n2)C1)C(=O)OC(C)(C)C. The molecular weight excluding hydrogens is 430 g/mol. The van der Waals surface area contributed by atoms with Crippen molar-refractivity contribution in [2.24, 2.45) is 5.92 Å². The van der Waals surface area contributed by atoms with Crippen LogP contribution in [0.25, 0.3) is 0 Å². The lowest BCUT2D eigenvalue weighted by molar-refractivity contribution is -0.132. The van der Waals surface area contributed by atoms with Crippen LogP contribution in [0.3, 0.4) is 0 Å². The first-order chi connectivity index (χ1) is 15.0. The van der Waals surface area contributed by atoms with Gasteiger partial charge in [0.15, 0.2) is 5.13 Å². The molecule has 9 nitrogen and oxygen atoms in total. The van der Waals surface area contributed by atoms with Crippen LogP contribution in [0.15, 0.2) is 5.38 Å². The van der Waals surface area contributed by atoms with Crippen molar-refractivity contribution in [2.45, 2.75) is 65.5 Å². The second-order valence-electron chi connectivity index (χ2n) is 9.76. The van der Waals surface area contributed by atoms with Crippen LogP contribution in [0.2, 0.25) is 0 Å². The van der Waals surface area contributed by atoms with E-state index >= 15 is 0 Å². The average Bonchev–Trinajstić information content (AvgIpc) is 3.33. The van der Waals surface area contributed by atoms with E-state index in [-0.39, 0.29) is 36.4 Å². The number of hydrogen-bond acceptors (Lipinski definition) is 6. The summed E-state index contributed by atoms with van der Waals surface area (Å²) in [6, 6.07) is -0.122. The van der Waals surface area contributed by atoms with Gasteiger partial charge in [-0.2, -0.15) is 0 Å². The van der Waals surface area contributed by atoms with Crippen LogP contribution in [0.5, 0.6) is 0 Å². The third-order valence-electron chi connectivity index (χ3n) is 5.54. The molecule has 0 aliphatic carbocycles. The first-order valence-corrected chi connectivity index (χ1v) is 12.2. The smallest absolute Gasteiger partial charge is 0.410 e. The first-order valence-electron chi connectivity index (χ1n) is 11.3. The highest BCUT2D eigenvalue weighted by Crippen LogP contribution is 2.24. The minimum absolute atomic E-state index is 0.0205. The predicted molar refractivity (Wildman–Crippen MR) is 124 cm³/mol. The number of urea groups is 1. The van der Waals surface area contributed by atoms with Gasteiger partial charge in [0, 0.05) is 44.1 Å². The van der Waals surface area contributed by atoms with Crippen molar-refractivity contribution in [1.29, 1.82) is 0 Å². The molecule has 2 aliphatic heterocycles. The van der Waals surface area contributed by atoms with Gasteiger partial charge < -0.3 is 19.9 Å². The summed E-state index contributed by atoms with van der Waals surface area (Å²) in [5.74, 6) is 0.243. The van der Waals surface area contributed by atoms with Crippen molar-refractivity contribution in [3.05, 3.63) is 11.1 Å². The van der Waals surface area contributed by atoms with Gasteiger partial charge in [0.2, 0.25) is 5.91 Å². The lowest BCUT2D eigenvalue weighted by Gasteiger charge is -2.37. The standard InChI is InChI=1S/C22H35N5O4S/c1-15(2)27(21(30)31-22(3,4)5)13-16-7-6-9-25(12-16)18(28)11-17-14-32-20(24-17)26-10-8-23-19(26)29/h14-16H,6-13H2,1-5H3,(H,23,29). The second kappa shape index (κ2) is 10.1. The third-order valence-corrected chi connectivity index (χ3v) is 6.45. The van der Waals surface area contributed by atoms with Crippen LogP contribution in [0.1, 0.15) is 53.2 Å². The minimum atomic E-state index is -0.541. The second-order valence-corrected chi connectivity index (χ2v) is 10.6. The van der Waals surface area contributed by atoms with E-state index in [1.54, 1.807) is 9.80 Å². The topological polar surface area (TPSA) is 95.1 Å². The summed E-state index contributed by atoms with van der Waals surface area (Å²) in [6.07, 6.45) is 1.80. The Bertz CT molecular complexity index is 835. The van der Waals surface area contributed by atoms with Gasteiger partial charge in [-0.25, -0.2) is 14.6 Å². The molecule has 0 saturated carbocycles. The minimum Gasteiger partial charge on any atom is -0.444 e. The van der Waals surface area contributed by atoms with Crippen molar-refractivity contribution >= 4 is 34.5 Å². The number of carbonyl (C=O) groups excluding carboxylic acids is 3. The third kappa shape index (κ3) is 6.34. The number of thiazole rings is 1. The van der Waals surface area contributed by atoms with E-state index in [1.165, 1.54) is 11.3 Å². The van der Waals surface area contributed by atoms with Crippen LogP contribution in [-0.4, -0.2) is 77.2 Å². The highest BCUT2D eigenvalue weighted by atomic mass is 32.1. The molecule has 1 aromatic heterocycles. The summed E-state index contributed by atoms with van der Waals surface area (Å²) in [7, 11) is 0. The predicted octanol–water partition coefficient (Wildman–Crippen LogP) is 3.10. The Hall–Kier alpha value is -2.36. The number of likely N-dealkylation sites (tertiary alicyclic amines) is 1. The van der Waals surface area contributed by atoms with Crippen molar-refractivity contribution in [3.8, 4) is 0 Å². The molecule has 2 aliphatic rings. The summed E-state index contributed by atoms with van der Waals surface area (Å²) in [5.41, 5.74) is 0.148. The Morgan fingerprint density at radius 1 is 1.34 bits per heavy atom. The summed E-state index contributed by atoms with van der Waals surface area (Å²) in [4.78, 5) is 47.1. The molecule has 3 heterocycles. The molecule has 1 aromatic rings. The number of amides is 4. The number of nitrogens with one attached hydrogen (secondary N) is 1. The fourth-order valence-electron chi connectivity index (χ4n) is 3.96. The molecule has 2 saturated heterocycles. The number of ether oxygens (including phenoxy) is 1. The fraction of sp³-hybridized carbons (Fsp3) is 0.727. The molecule has 1 N–H and O–H groups in total. The zero-order valence-electron chi connectivity index (χ0n) is 19.7. The van der Waals surface area contributed by atoms with Crippen LogP contribution in [-0.2, 0) is 16.0 Å².